The molecule has 2 aromatic carbocycles. The second-order valence-electron chi connectivity index (χ2n) is 9.21. The summed E-state index contributed by atoms with van der Waals surface area (Å²) in [5.74, 6) is -0.0512. The summed E-state index contributed by atoms with van der Waals surface area (Å²) in [6.07, 6.45) is 0.0663. The summed E-state index contributed by atoms with van der Waals surface area (Å²) in [5, 5.41) is 20.5. The number of aliphatic hydroxyl groups is 1. The Morgan fingerprint density at radius 3 is 2.24 bits per heavy atom. The van der Waals surface area contributed by atoms with E-state index in [1.807, 2.05) is 73.7 Å². The molecule has 1 unspecified atom stereocenters. The molecule has 2 atom stereocenters. The van der Waals surface area contributed by atoms with Crippen molar-refractivity contribution >= 4 is 12.0 Å². The molecule has 2 fully saturated rings. The lowest BCUT2D eigenvalue weighted by Crippen LogP contribution is -2.60. The van der Waals surface area contributed by atoms with Crippen LogP contribution in [0.25, 0.3) is 16.9 Å². The standard InChI is InChI=1S/C27H29N3O4/c1-18-16-22(24(19-8-4-2-5-9-19)30(18)21-10-6-3-7-11-21)26(32)29-15-14-28(27(33)34)17-23(29)25(31)20-12-13-20/h2-11,16,20,23,25,31H,12-15,17H2,1H3,(H,33,34)/t23-,25?/m0/s1. The number of benzene rings is 2. The first kappa shape index (κ1) is 22.2. The SMILES string of the molecule is Cc1cc(C(=O)N2CCN(C(=O)O)C[C@H]2C(O)C2CC2)c(-c2ccccc2)n1-c1ccccc1. The lowest BCUT2D eigenvalue weighted by Gasteiger charge is -2.42. The van der Waals surface area contributed by atoms with E-state index < -0.39 is 18.2 Å². The van der Waals surface area contributed by atoms with Gasteiger partial charge in [0.1, 0.15) is 0 Å². The van der Waals surface area contributed by atoms with Crippen molar-refractivity contribution in [3.63, 3.8) is 0 Å². The van der Waals surface area contributed by atoms with Crippen LogP contribution in [0.2, 0.25) is 0 Å². The fraction of sp³-hybridized carbons (Fsp3) is 0.333. The molecule has 7 heteroatoms. The maximum absolute atomic E-state index is 14.1. The summed E-state index contributed by atoms with van der Waals surface area (Å²) in [6, 6.07) is 21.1. The van der Waals surface area contributed by atoms with Crippen molar-refractivity contribution < 1.29 is 19.8 Å². The minimum Gasteiger partial charge on any atom is -0.465 e. The highest BCUT2D eigenvalue weighted by atomic mass is 16.4. The highest BCUT2D eigenvalue weighted by Crippen LogP contribution is 2.37. The zero-order valence-electron chi connectivity index (χ0n) is 19.2. The molecule has 1 aromatic heterocycles. The van der Waals surface area contributed by atoms with E-state index in [9.17, 15) is 19.8 Å². The average Bonchev–Trinajstić information content (AvgIpc) is 3.66. The van der Waals surface area contributed by atoms with Crippen LogP contribution in [0.3, 0.4) is 0 Å². The minimum atomic E-state index is -1.02. The number of nitrogens with zero attached hydrogens (tertiary/aromatic N) is 3. The van der Waals surface area contributed by atoms with Crippen LogP contribution < -0.4 is 0 Å². The lowest BCUT2D eigenvalue weighted by molar-refractivity contribution is -0.00552. The van der Waals surface area contributed by atoms with E-state index >= 15 is 0 Å². The molecule has 176 valence electrons. The molecule has 2 heterocycles. The van der Waals surface area contributed by atoms with E-state index in [2.05, 4.69) is 4.57 Å². The Morgan fingerprint density at radius 1 is 0.971 bits per heavy atom. The first-order valence-corrected chi connectivity index (χ1v) is 11.8. The molecular formula is C27H29N3O4. The van der Waals surface area contributed by atoms with E-state index in [0.717, 1.165) is 35.5 Å². The first-order chi connectivity index (χ1) is 16.5. The largest absolute Gasteiger partial charge is 0.465 e. The van der Waals surface area contributed by atoms with Crippen molar-refractivity contribution in [2.45, 2.75) is 31.9 Å². The molecule has 0 bridgehead atoms. The van der Waals surface area contributed by atoms with Gasteiger partial charge in [0.25, 0.3) is 5.91 Å². The molecular weight excluding hydrogens is 430 g/mol. The highest BCUT2D eigenvalue weighted by Gasteiger charge is 2.43. The van der Waals surface area contributed by atoms with Gasteiger partial charge in [-0.3, -0.25) is 4.79 Å². The van der Waals surface area contributed by atoms with Crippen LogP contribution in [0, 0.1) is 12.8 Å². The number of carbonyl (C=O) groups is 2. The number of hydrogen-bond donors (Lipinski definition) is 2. The van der Waals surface area contributed by atoms with Gasteiger partial charge in [0.05, 0.1) is 23.4 Å². The number of carboxylic acid groups (broad SMARTS) is 1. The Hall–Kier alpha value is -3.58. The number of aromatic nitrogens is 1. The molecule has 1 saturated heterocycles. The van der Waals surface area contributed by atoms with Crippen molar-refractivity contribution in [3.05, 3.63) is 78.0 Å². The summed E-state index contributed by atoms with van der Waals surface area (Å²) in [7, 11) is 0. The monoisotopic (exact) mass is 459 g/mol. The van der Waals surface area contributed by atoms with Crippen molar-refractivity contribution in [3.8, 4) is 16.9 Å². The van der Waals surface area contributed by atoms with Gasteiger partial charge in [-0.15, -0.1) is 0 Å². The minimum absolute atomic E-state index is 0.123. The molecule has 1 aliphatic heterocycles. The number of aliphatic hydroxyl groups excluding tert-OH is 1. The van der Waals surface area contributed by atoms with Gasteiger partial charge in [0.15, 0.2) is 0 Å². The molecule has 0 radical (unpaired) electrons. The van der Waals surface area contributed by atoms with Crippen LogP contribution in [0.4, 0.5) is 4.79 Å². The quantitative estimate of drug-likeness (QED) is 0.603. The number of amides is 2. The molecule has 7 nitrogen and oxygen atoms in total. The third-order valence-corrected chi connectivity index (χ3v) is 6.93. The van der Waals surface area contributed by atoms with E-state index in [0.29, 0.717) is 5.56 Å². The van der Waals surface area contributed by atoms with Crippen molar-refractivity contribution in [2.24, 2.45) is 5.92 Å². The van der Waals surface area contributed by atoms with Crippen molar-refractivity contribution in [2.75, 3.05) is 19.6 Å². The average molecular weight is 460 g/mol. The van der Waals surface area contributed by atoms with E-state index in [-0.39, 0.29) is 31.5 Å². The number of hydrogen-bond acceptors (Lipinski definition) is 3. The Labute approximate surface area is 198 Å². The first-order valence-electron chi connectivity index (χ1n) is 11.8. The van der Waals surface area contributed by atoms with E-state index in [1.54, 1.807) is 4.90 Å². The summed E-state index contributed by atoms with van der Waals surface area (Å²) < 4.78 is 2.09. The van der Waals surface area contributed by atoms with Crippen LogP contribution in [-0.4, -0.2) is 68.4 Å². The summed E-state index contributed by atoms with van der Waals surface area (Å²) in [6.45, 7) is 2.59. The van der Waals surface area contributed by atoms with Crippen LogP contribution >= 0.6 is 0 Å². The van der Waals surface area contributed by atoms with Gasteiger partial charge < -0.3 is 24.6 Å². The summed E-state index contributed by atoms with van der Waals surface area (Å²) >= 11 is 0. The predicted molar refractivity (Wildman–Crippen MR) is 129 cm³/mol. The molecule has 1 saturated carbocycles. The maximum atomic E-state index is 14.1. The highest BCUT2D eigenvalue weighted by molar-refractivity contribution is 6.01. The third kappa shape index (κ3) is 4.07. The topological polar surface area (TPSA) is 86.0 Å². The van der Waals surface area contributed by atoms with E-state index in [1.165, 1.54) is 4.90 Å². The van der Waals surface area contributed by atoms with E-state index in [4.69, 9.17) is 0 Å². The normalized spacial score (nSPS) is 19.2. The Bertz CT molecular complexity index is 1190. The summed E-state index contributed by atoms with van der Waals surface area (Å²) in [5.41, 5.74) is 4.17. The molecule has 2 N–H and O–H groups in total. The maximum Gasteiger partial charge on any atom is 0.407 e. The van der Waals surface area contributed by atoms with Gasteiger partial charge >= 0.3 is 6.09 Å². The van der Waals surface area contributed by atoms with Crippen LogP contribution in [0.5, 0.6) is 0 Å². The fourth-order valence-electron chi connectivity index (χ4n) is 5.03. The molecule has 3 aromatic rings. The second-order valence-corrected chi connectivity index (χ2v) is 9.21. The zero-order valence-corrected chi connectivity index (χ0v) is 19.2. The van der Waals surface area contributed by atoms with Gasteiger partial charge in [0.2, 0.25) is 0 Å². The number of para-hydroxylation sites is 1. The van der Waals surface area contributed by atoms with Crippen LogP contribution in [0.15, 0.2) is 66.7 Å². The molecule has 34 heavy (non-hydrogen) atoms. The molecule has 2 amide bonds. The Morgan fingerprint density at radius 2 is 1.62 bits per heavy atom. The van der Waals surface area contributed by atoms with Crippen LogP contribution in [-0.2, 0) is 0 Å². The van der Waals surface area contributed by atoms with Gasteiger partial charge in [-0.2, -0.15) is 0 Å². The molecule has 2 aliphatic rings. The lowest BCUT2D eigenvalue weighted by atomic mass is 9.99. The predicted octanol–water partition coefficient (Wildman–Crippen LogP) is 4.03. The number of rotatable bonds is 5. The molecule has 1 aliphatic carbocycles. The molecule has 0 spiro atoms. The Kier molecular flexibility index (Phi) is 5.87. The zero-order chi connectivity index (χ0) is 23.8. The smallest absolute Gasteiger partial charge is 0.407 e. The van der Waals surface area contributed by atoms with Crippen LogP contribution in [0.1, 0.15) is 28.9 Å². The molecule has 5 rings (SSSR count). The second kappa shape index (κ2) is 8.99. The van der Waals surface area contributed by atoms with Crippen molar-refractivity contribution in [1.82, 2.24) is 14.4 Å². The summed E-state index contributed by atoms with van der Waals surface area (Å²) in [4.78, 5) is 28.7. The third-order valence-electron chi connectivity index (χ3n) is 6.93. The number of carbonyl (C=O) groups excluding carboxylic acids is 1. The Balaban J connectivity index is 1.59. The number of piperazine rings is 1. The fourth-order valence-corrected chi connectivity index (χ4v) is 5.03. The van der Waals surface area contributed by atoms with Gasteiger partial charge in [-0.25, -0.2) is 4.79 Å². The van der Waals surface area contributed by atoms with Gasteiger partial charge in [-0.1, -0.05) is 48.5 Å². The van der Waals surface area contributed by atoms with Gasteiger partial charge in [-0.05, 0) is 49.4 Å². The van der Waals surface area contributed by atoms with Gasteiger partial charge in [0, 0.05) is 31.0 Å². The van der Waals surface area contributed by atoms with Crippen molar-refractivity contribution in [1.29, 1.82) is 0 Å². The number of aryl methyl sites for hydroxylation is 1.